The maximum absolute atomic E-state index is 12.2. The number of aryl methyl sites for hydroxylation is 1. The summed E-state index contributed by atoms with van der Waals surface area (Å²) in [5.41, 5.74) is 0.187. The first-order valence-corrected chi connectivity index (χ1v) is 10.0. The van der Waals surface area contributed by atoms with Crippen molar-refractivity contribution in [1.82, 2.24) is 20.5 Å². The van der Waals surface area contributed by atoms with Gasteiger partial charge in [-0.3, -0.25) is 4.79 Å². The smallest absolute Gasteiger partial charge is 0.277 e. The number of carbonyl (C=O) groups is 1. The number of carbonyl (C=O) groups excluding carboxylic acids is 1. The van der Waals surface area contributed by atoms with Crippen molar-refractivity contribution in [3.63, 3.8) is 0 Å². The fraction of sp³-hybridized carbons (Fsp3) is 0.562. The number of nitrogens with one attached hydrogen (secondary N) is 1. The monoisotopic (exact) mass is 377 g/mol. The number of thioether (sulfide) groups is 1. The second-order valence-corrected chi connectivity index (χ2v) is 8.08. The van der Waals surface area contributed by atoms with Gasteiger partial charge in [-0.05, 0) is 19.8 Å². The normalized spacial score (nSPS) is 16.3. The Morgan fingerprint density at radius 1 is 1.44 bits per heavy atom. The van der Waals surface area contributed by atoms with Crippen LogP contribution >= 0.6 is 23.1 Å². The molecular weight excluding hydrogens is 358 g/mol. The van der Waals surface area contributed by atoms with Crippen molar-refractivity contribution in [2.75, 3.05) is 5.75 Å². The first-order chi connectivity index (χ1) is 12.1. The van der Waals surface area contributed by atoms with E-state index in [0.29, 0.717) is 17.5 Å². The molecule has 2 aromatic rings. The molecule has 7 nitrogen and oxygen atoms in total. The molecule has 1 saturated carbocycles. The molecule has 25 heavy (non-hydrogen) atoms. The number of amides is 1. The highest BCUT2D eigenvalue weighted by Crippen LogP contribution is 2.28. The molecule has 9 heteroatoms. The van der Waals surface area contributed by atoms with Crippen LogP contribution in [0.5, 0.6) is 0 Å². The summed E-state index contributed by atoms with van der Waals surface area (Å²) in [6.45, 7) is 1.95. The molecule has 0 atom stereocenters. The minimum atomic E-state index is -0.710. The largest absolute Gasteiger partial charge is 0.416 e. The number of rotatable bonds is 6. The van der Waals surface area contributed by atoms with Crippen molar-refractivity contribution in [2.45, 2.75) is 56.2 Å². The first kappa shape index (κ1) is 17.9. The Morgan fingerprint density at radius 2 is 2.24 bits per heavy atom. The van der Waals surface area contributed by atoms with Gasteiger partial charge in [-0.2, -0.15) is 5.26 Å². The Bertz CT molecular complexity index is 774. The molecule has 0 aromatic carbocycles. The lowest BCUT2D eigenvalue weighted by molar-refractivity contribution is -0.120. The van der Waals surface area contributed by atoms with Crippen molar-refractivity contribution in [1.29, 1.82) is 5.26 Å². The molecule has 132 valence electrons. The quantitative estimate of drug-likeness (QED) is 0.772. The molecule has 1 fully saturated rings. The van der Waals surface area contributed by atoms with Crippen molar-refractivity contribution in [3.05, 3.63) is 22.0 Å². The van der Waals surface area contributed by atoms with E-state index in [1.165, 1.54) is 11.8 Å². The topological polar surface area (TPSA) is 105 Å². The molecule has 0 saturated heterocycles. The highest BCUT2D eigenvalue weighted by Gasteiger charge is 2.33. The summed E-state index contributed by atoms with van der Waals surface area (Å²) in [6.07, 6.45) is 5.00. The van der Waals surface area contributed by atoms with E-state index in [-0.39, 0.29) is 11.7 Å². The van der Waals surface area contributed by atoms with Gasteiger partial charge in [0.1, 0.15) is 5.54 Å². The van der Waals surface area contributed by atoms with Crippen LogP contribution in [-0.2, 0) is 11.2 Å². The summed E-state index contributed by atoms with van der Waals surface area (Å²) in [4.78, 5) is 16.5. The number of nitrogens with zero attached hydrogens (tertiary/aromatic N) is 4. The van der Waals surface area contributed by atoms with E-state index in [1.54, 1.807) is 11.3 Å². The SMILES string of the molecule is Cc1nc(Cc2nnc(SCC(=O)NC3(C#N)CCCCC3)o2)cs1. The second-order valence-electron chi connectivity index (χ2n) is 6.09. The van der Waals surface area contributed by atoms with E-state index in [4.69, 9.17) is 4.42 Å². The first-order valence-electron chi connectivity index (χ1n) is 8.17. The molecule has 1 aliphatic carbocycles. The zero-order valence-corrected chi connectivity index (χ0v) is 15.6. The van der Waals surface area contributed by atoms with Gasteiger partial charge in [0.05, 0.1) is 28.9 Å². The Hall–Kier alpha value is -1.92. The molecule has 0 radical (unpaired) electrons. The van der Waals surface area contributed by atoms with Crippen molar-refractivity contribution < 1.29 is 9.21 Å². The third kappa shape index (κ3) is 4.80. The van der Waals surface area contributed by atoms with Crippen LogP contribution in [0.25, 0.3) is 0 Å². The summed E-state index contributed by atoms with van der Waals surface area (Å²) in [7, 11) is 0. The predicted molar refractivity (Wildman–Crippen MR) is 94.3 cm³/mol. The average molecular weight is 377 g/mol. The van der Waals surface area contributed by atoms with Crippen molar-refractivity contribution in [3.8, 4) is 6.07 Å². The molecule has 1 amide bonds. The fourth-order valence-corrected chi connectivity index (χ4v) is 4.06. The second kappa shape index (κ2) is 7.97. The third-order valence-corrected chi connectivity index (χ3v) is 5.71. The van der Waals surface area contributed by atoms with E-state index >= 15 is 0 Å². The highest BCUT2D eigenvalue weighted by atomic mass is 32.2. The lowest BCUT2D eigenvalue weighted by atomic mass is 9.83. The van der Waals surface area contributed by atoms with E-state index in [0.717, 1.165) is 42.8 Å². The Labute approximate surface area is 154 Å². The van der Waals surface area contributed by atoms with Crippen LogP contribution in [0.1, 0.15) is 48.7 Å². The van der Waals surface area contributed by atoms with Crippen molar-refractivity contribution >= 4 is 29.0 Å². The van der Waals surface area contributed by atoms with Gasteiger partial charge in [-0.15, -0.1) is 21.5 Å². The molecule has 2 heterocycles. The summed E-state index contributed by atoms with van der Waals surface area (Å²) in [5.74, 6) is 0.457. The molecule has 0 unspecified atom stereocenters. The summed E-state index contributed by atoms with van der Waals surface area (Å²) in [5, 5.41) is 23.5. The number of aromatic nitrogens is 3. The number of thiazole rings is 1. The maximum Gasteiger partial charge on any atom is 0.277 e. The van der Waals surface area contributed by atoms with Gasteiger partial charge in [0.15, 0.2) is 0 Å². The average Bonchev–Trinajstić information content (AvgIpc) is 3.23. The number of nitriles is 1. The summed E-state index contributed by atoms with van der Waals surface area (Å²) >= 11 is 2.76. The molecular formula is C16H19N5O2S2. The molecule has 2 aromatic heterocycles. The minimum Gasteiger partial charge on any atom is -0.416 e. The van der Waals surface area contributed by atoms with Crippen LogP contribution in [-0.4, -0.2) is 32.4 Å². The lowest BCUT2D eigenvalue weighted by Crippen LogP contribution is -2.49. The Balaban J connectivity index is 1.50. The van der Waals surface area contributed by atoms with Crippen LogP contribution in [0.2, 0.25) is 0 Å². The van der Waals surface area contributed by atoms with Gasteiger partial charge in [0.2, 0.25) is 11.8 Å². The van der Waals surface area contributed by atoms with E-state index in [2.05, 4.69) is 26.6 Å². The zero-order valence-electron chi connectivity index (χ0n) is 13.9. The van der Waals surface area contributed by atoms with E-state index < -0.39 is 5.54 Å². The Kier molecular flexibility index (Phi) is 5.71. The van der Waals surface area contributed by atoms with Crippen LogP contribution in [0, 0.1) is 18.3 Å². The molecule has 0 spiro atoms. The molecule has 0 bridgehead atoms. The van der Waals surface area contributed by atoms with Gasteiger partial charge >= 0.3 is 0 Å². The summed E-state index contributed by atoms with van der Waals surface area (Å²) < 4.78 is 5.55. The number of hydrogen-bond acceptors (Lipinski definition) is 8. The molecule has 1 aliphatic rings. The van der Waals surface area contributed by atoms with E-state index in [9.17, 15) is 10.1 Å². The standard InChI is InChI=1S/C16H19N5O2S2/c1-11-18-12(8-24-11)7-14-20-21-15(23-14)25-9-13(22)19-16(10-17)5-3-2-4-6-16/h8H,2-7,9H2,1H3,(H,19,22). The van der Waals surface area contributed by atoms with Gasteiger partial charge in [0.25, 0.3) is 5.22 Å². The number of hydrogen-bond donors (Lipinski definition) is 1. The van der Waals surface area contributed by atoms with Gasteiger partial charge in [-0.25, -0.2) is 4.98 Å². The van der Waals surface area contributed by atoms with Gasteiger partial charge in [-0.1, -0.05) is 31.0 Å². The van der Waals surface area contributed by atoms with Gasteiger partial charge in [0, 0.05) is 5.38 Å². The third-order valence-electron chi connectivity index (χ3n) is 4.07. The van der Waals surface area contributed by atoms with Crippen LogP contribution < -0.4 is 5.32 Å². The van der Waals surface area contributed by atoms with Gasteiger partial charge < -0.3 is 9.73 Å². The summed E-state index contributed by atoms with van der Waals surface area (Å²) in [6, 6.07) is 2.28. The molecule has 3 rings (SSSR count). The fourth-order valence-electron chi connectivity index (χ4n) is 2.86. The molecule has 1 N–H and O–H groups in total. The maximum atomic E-state index is 12.2. The zero-order chi connectivity index (χ0) is 17.7. The van der Waals surface area contributed by atoms with Crippen LogP contribution in [0.15, 0.2) is 15.0 Å². The van der Waals surface area contributed by atoms with Crippen LogP contribution in [0.4, 0.5) is 0 Å². The Morgan fingerprint density at radius 3 is 2.92 bits per heavy atom. The van der Waals surface area contributed by atoms with Crippen molar-refractivity contribution in [2.24, 2.45) is 0 Å². The van der Waals surface area contributed by atoms with Crippen LogP contribution in [0.3, 0.4) is 0 Å². The van der Waals surface area contributed by atoms with E-state index in [1.807, 2.05) is 12.3 Å². The predicted octanol–water partition coefficient (Wildman–Crippen LogP) is 2.86. The minimum absolute atomic E-state index is 0.154. The molecule has 0 aliphatic heterocycles. The lowest BCUT2D eigenvalue weighted by Gasteiger charge is -2.31. The highest BCUT2D eigenvalue weighted by molar-refractivity contribution is 7.99.